The van der Waals surface area contributed by atoms with Crippen LogP contribution in [0.25, 0.3) is 0 Å². The quantitative estimate of drug-likeness (QED) is 0.505. The molecule has 0 fully saturated rings. The highest BCUT2D eigenvalue weighted by Gasteiger charge is 2.49. The molecule has 2 radical (unpaired) electrons. The molecule has 0 aliphatic rings. The first-order valence-corrected chi connectivity index (χ1v) is 6.35. The van der Waals surface area contributed by atoms with Crippen molar-refractivity contribution in [3.8, 4) is 0 Å². The van der Waals surface area contributed by atoms with Gasteiger partial charge in [0, 0.05) is 7.11 Å². The van der Waals surface area contributed by atoms with Crippen molar-refractivity contribution in [3.05, 3.63) is 0 Å². The van der Waals surface area contributed by atoms with Crippen molar-refractivity contribution in [2.24, 2.45) is 0 Å². The second-order valence-corrected chi connectivity index (χ2v) is 5.81. The molecule has 0 aliphatic heterocycles. The third-order valence-electron chi connectivity index (χ3n) is 0.809. The summed E-state index contributed by atoms with van der Waals surface area (Å²) in [5.74, 6) is 0. The lowest BCUT2D eigenvalue weighted by molar-refractivity contribution is 0.144. The molecule has 0 aromatic heterocycles. The Hall–Kier alpha value is 1.01. The highest BCUT2D eigenvalue weighted by Crippen LogP contribution is 2.67. The zero-order valence-corrected chi connectivity index (χ0v) is 9.02. The smallest absolute Gasteiger partial charge is 0.346 e. The molecular weight excluding hydrogens is 246 g/mol. The average Bonchev–Trinajstić information content (AvgIpc) is 2.03. The summed E-state index contributed by atoms with van der Waals surface area (Å²) >= 11 is 0. The number of alkyl halides is 2. The van der Waals surface area contributed by atoms with Crippen molar-refractivity contribution in [2.45, 2.75) is 5.40 Å². The zero-order valence-electron chi connectivity index (χ0n) is 6.33. The van der Waals surface area contributed by atoms with Crippen LogP contribution in [0.15, 0.2) is 0 Å². The summed E-state index contributed by atoms with van der Waals surface area (Å²) < 4.78 is 33.4. The molecule has 0 spiro atoms. The van der Waals surface area contributed by atoms with Crippen LogP contribution >= 0.6 is 25.0 Å². The summed E-state index contributed by atoms with van der Waals surface area (Å²) in [6.45, 7) is 0. The molecule has 0 aliphatic carbocycles. The first kappa shape index (κ1) is 14.0. The predicted octanol–water partition coefficient (Wildman–Crippen LogP) is 1.20. The van der Waals surface area contributed by atoms with Crippen LogP contribution in [0.3, 0.4) is 0 Å². The molecule has 2 atom stereocenters. The monoisotopic (exact) mass is 252 g/mol. The number of halogens is 2. The second-order valence-electron chi connectivity index (χ2n) is 1.62. The van der Waals surface area contributed by atoms with Crippen LogP contribution in [0, 0.1) is 0 Å². The van der Waals surface area contributed by atoms with Gasteiger partial charge in [-0.2, -0.15) is 8.78 Å². The second kappa shape index (κ2) is 5.79. The molecule has 11 heteroatoms. The van der Waals surface area contributed by atoms with Gasteiger partial charge in [0.2, 0.25) is 0 Å². The van der Waals surface area contributed by atoms with Gasteiger partial charge in [0.15, 0.2) is 7.57 Å². The molecule has 3 N–H and O–H groups in total. The van der Waals surface area contributed by atoms with Crippen molar-refractivity contribution >= 4 is 32.6 Å². The maximum Gasteiger partial charge on any atom is 0.380 e. The summed E-state index contributed by atoms with van der Waals surface area (Å²) in [6.07, 6.45) is 0. The topological polar surface area (TPSA) is 79.2 Å². The van der Waals surface area contributed by atoms with Gasteiger partial charge in [-0.3, -0.25) is 4.31 Å². The Labute approximate surface area is 78.2 Å². The Morgan fingerprint density at radius 2 is 1.77 bits per heavy atom. The van der Waals surface area contributed by atoms with Crippen molar-refractivity contribution in [1.29, 1.82) is 0 Å². The first-order valence-electron chi connectivity index (χ1n) is 2.64. The Kier molecular flexibility index (Phi) is 6.24. The average molecular weight is 252 g/mol. The maximum absolute atomic E-state index is 12.5. The first-order chi connectivity index (χ1) is 5.82. The molecular formula is C2H6BF2O5P3. The van der Waals surface area contributed by atoms with Gasteiger partial charge in [-0.05, 0) is 0 Å². The molecule has 0 aromatic rings. The van der Waals surface area contributed by atoms with Gasteiger partial charge >= 0.3 is 5.40 Å². The zero-order chi connectivity index (χ0) is 10.6. The van der Waals surface area contributed by atoms with E-state index >= 15 is 0 Å². The molecule has 5 nitrogen and oxygen atoms in total. The van der Waals surface area contributed by atoms with Gasteiger partial charge in [0.05, 0.1) is 0 Å². The van der Waals surface area contributed by atoms with Gasteiger partial charge in [-0.1, -0.05) is 0 Å². The van der Waals surface area contributed by atoms with Crippen molar-refractivity contribution in [3.63, 3.8) is 0 Å². The van der Waals surface area contributed by atoms with E-state index in [4.69, 9.17) is 22.2 Å². The van der Waals surface area contributed by atoms with Crippen LogP contribution in [0.4, 0.5) is 8.78 Å². The highest BCUT2D eigenvalue weighted by atomic mass is 31.2. The number of hydrogen-bond donors (Lipinski definition) is 3. The molecule has 0 amide bonds. The van der Waals surface area contributed by atoms with Crippen LogP contribution in [0.5, 0.6) is 0 Å². The highest BCUT2D eigenvalue weighted by molar-refractivity contribution is 7.80. The lowest BCUT2D eigenvalue weighted by Crippen LogP contribution is -2.11. The van der Waals surface area contributed by atoms with Gasteiger partial charge in [0.1, 0.15) is 8.25 Å². The molecule has 0 saturated carbocycles. The van der Waals surface area contributed by atoms with E-state index < -0.39 is 30.4 Å². The van der Waals surface area contributed by atoms with Crippen LogP contribution in [-0.4, -0.2) is 34.8 Å². The standard InChI is InChI=1S/C2H6BF2O5P3/c1-9-13(3)10-12(8)2(4,5)11(6)7/h6-8H,1H3. The normalized spacial score (nSPS) is 17.5. The summed E-state index contributed by atoms with van der Waals surface area (Å²) in [5, 5.41) is -4.08. The van der Waals surface area contributed by atoms with E-state index in [1.54, 1.807) is 0 Å². The molecule has 0 saturated heterocycles. The molecule has 0 aromatic carbocycles. The van der Waals surface area contributed by atoms with Crippen molar-refractivity contribution in [2.75, 3.05) is 7.11 Å². The van der Waals surface area contributed by atoms with E-state index in [0.29, 0.717) is 0 Å². The van der Waals surface area contributed by atoms with Crippen LogP contribution in [-0.2, 0) is 8.83 Å². The van der Waals surface area contributed by atoms with Gasteiger partial charge in [0.25, 0.3) is 16.8 Å². The number of hydrogen-bond acceptors (Lipinski definition) is 5. The van der Waals surface area contributed by atoms with E-state index in [9.17, 15) is 8.78 Å². The fourth-order valence-corrected chi connectivity index (χ4v) is 2.45. The molecule has 13 heavy (non-hydrogen) atoms. The van der Waals surface area contributed by atoms with E-state index in [0.717, 1.165) is 7.11 Å². The van der Waals surface area contributed by atoms with Crippen molar-refractivity contribution in [1.82, 2.24) is 0 Å². The molecule has 2 unspecified atom stereocenters. The summed E-state index contributed by atoms with van der Waals surface area (Å²) in [6, 6.07) is 0. The summed E-state index contributed by atoms with van der Waals surface area (Å²) in [4.78, 5) is 25.1. The molecule has 0 rings (SSSR count). The fraction of sp³-hybridized carbons (Fsp3) is 1.00. The van der Waals surface area contributed by atoms with E-state index in [2.05, 4.69) is 8.83 Å². The lowest BCUT2D eigenvalue weighted by Gasteiger charge is -2.23. The lowest BCUT2D eigenvalue weighted by atomic mass is 10.8. The fourth-order valence-electron chi connectivity index (χ4n) is 0.235. The maximum atomic E-state index is 12.5. The minimum atomic E-state index is -4.08. The Morgan fingerprint density at radius 3 is 2.08 bits per heavy atom. The van der Waals surface area contributed by atoms with E-state index in [1.165, 1.54) is 0 Å². The van der Waals surface area contributed by atoms with Crippen LogP contribution in [0.1, 0.15) is 0 Å². The molecule has 0 heterocycles. The third kappa shape index (κ3) is 4.37. The summed E-state index contributed by atoms with van der Waals surface area (Å²) in [7, 11) is -2.99. The molecule has 0 bridgehead atoms. The Morgan fingerprint density at radius 1 is 1.31 bits per heavy atom. The van der Waals surface area contributed by atoms with Gasteiger partial charge in [-0.15, -0.1) is 0 Å². The Balaban J connectivity index is 4.16. The van der Waals surface area contributed by atoms with Gasteiger partial charge in [-0.25, -0.2) is 0 Å². The minimum absolute atomic E-state index is 1.10. The summed E-state index contributed by atoms with van der Waals surface area (Å²) in [5.41, 5.74) is 0. The predicted molar refractivity (Wildman–Crippen MR) is 46.2 cm³/mol. The number of rotatable bonds is 5. The van der Waals surface area contributed by atoms with Crippen molar-refractivity contribution < 1.29 is 32.3 Å². The van der Waals surface area contributed by atoms with Crippen LogP contribution in [0.2, 0.25) is 0 Å². The molecule has 76 valence electrons. The van der Waals surface area contributed by atoms with Gasteiger partial charge < -0.3 is 19.2 Å². The largest absolute Gasteiger partial charge is 0.380 e. The minimum Gasteiger partial charge on any atom is -0.346 e. The van der Waals surface area contributed by atoms with E-state index in [-0.39, 0.29) is 0 Å². The SMILES string of the molecule is [B]P(OC)OP(O)C(F)(F)P(O)O. The third-order valence-corrected chi connectivity index (χ3v) is 4.42. The van der Waals surface area contributed by atoms with Crippen LogP contribution < -0.4 is 0 Å². The van der Waals surface area contributed by atoms with E-state index in [1.807, 2.05) is 0 Å². The Bertz CT molecular complexity index is 161.